The zero-order valence-corrected chi connectivity index (χ0v) is 9.96. The van der Waals surface area contributed by atoms with E-state index in [1.54, 1.807) is 0 Å². The fraction of sp³-hybridized carbons (Fsp3) is 0.333. The van der Waals surface area contributed by atoms with Crippen molar-refractivity contribution in [3.63, 3.8) is 0 Å². The number of fused-ring (bicyclic) bond motifs is 1. The summed E-state index contributed by atoms with van der Waals surface area (Å²) in [4.78, 5) is 0. The molecule has 0 saturated heterocycles. The van der Waals surface area contributed by atoms with Crippen LogP contribution in [-0.2, 0) is 0 Å². The van der Waals surface area contributed by atoms with Crippen LogP contribution >= 0.6 is 0 Å². The lowest BCUT2D eigenvalue weighted by molar-refractivity contribution is 0.869. The van der Waals surface area contributed by atoms with Gasteiger partial charge in [0.05, 0.1) is 0 Å². The van der Waals surface area contributed by atoms with Crippen molar-refractivity contribution in [2.24, 2.45) is 0 Å². The topological polar surface area (TPSA) is 0 Å². The molecule has 0 N–H and O–H groups in total. The third kappa shape index (κ3) is 1.90. The molecule has 0 spiro atoms. The molecule has 0 bridgehead atoms. The maximum atomic E-state index is 2.31. The van der Waals surface area contributed by atoms with Crippen molar-refractivity contribution in [1.82, 2.24) is 0 Å². The predicted molar refractivity (Wildman–Crippen MR) is 67.5 cm³/mol. The first kappa shape index (κ1) is 10.2. The van der Waals surface area contributed by atoms with Crippen LogP contribution in [0.5, 0.6) is 0 Å². The van der Waals surface area contributed by atoms with Crippen molar-refractivity contribution in [2.75, 3.05) is 0 Å². The van der Waals surface area contributed by atoms with Crippen LogP contribution < -0.4 is 0 Å². The van der Waals surface area contributed by atoms with Crippen LogP contribution in [0.25, 0.3) is 10.8 Å². The smallest absolute Gasteiger partial charge is 0.0178 e. The molecule has 0 amide bonds. The number of rotatable bonds is 1. The second kappa shape index (κ2) is 3.69. The molecule has 2 rings (SSSR count). The first-order chi connectivity index (χ1) is 7.08. The van der Waals surface area contributed by atoms with Crippen molar-refractivity contribution < 1.29 is 0 Å². The molecule has 78 valence electrons. The number of benzene rings is 2. The minimum Gasteiger partial charge on any atom is -0.0587 e. The molecule has 0 aliphatic rings. The quantitative estimate of drug-likeness (QED) is 0.629. The Bertz CT molecular complexity index is 493. The van der Waals surface area contributed by atoms with E-state index in [4.69, 9.17) is 0 Å². The molecule has 0 atom stereocenters. The van der Waals surface area contributed by atoms with E-state index in [1.165, 1.54) is 27.5 Å². The highest BCUT2D eigenvalue weighted by molar-refractivity contribution is 5.84. The van der Waals surface area contributed by atoms with Gasteiger partial charge < -0.3 is 0 Å². The van der Waals surface area contributed by atoms with Gasteiger partial charge >= 0.3 is 0 Å². The van der Waals surface area contributed by atoms with Crippen LogP contribution in [0, 0.1) is 13.8 Å². The molecule has 0 radical (unpaired) electrons. The van der Waals surface area contributed by atoms with Gasteiger partial charge in [-0.2, -0.15) is 0 Å². The fourth-order valence-corrected chi connectivity index (χ4v) is 1.90. The molecule has 0 heteroatoms. The average molecular weight is 198 g/mol. The molecule has 2 aromatic carbocycles. The number of hydrogen-bond acceptors (Lipinski definition) is 0. The van der Waals surface area contributed by atoms with E-state index >= 15 is 0 Å². The first-order valence-corrected chi connectivity index (χ1v) is 5.59. The fourth-order valence-electron chi connectivity index (χ4n) is 1.90. The van der Waals surface area contributed by atoms with Gasteiger partial charge in [0.2, 0.25) is 0 Å². The van der Waals surface area contributed by atoms with Crippen molar-refractivity contribution in [3.8, 4) is 0 Å². The van der Waals surface area contributed by atoms with Gasteiger partial charge in [-0.05, 0) is 47.2 Å². The van der Waals surface area contributed by atoms with Crippen LogP contribution in [-0.4, -0.2) is 0 Å². The molecular weight excluding hydrogens is 180 g/mol. The highest BCUT2D eigenvalue weighted by Crippen LogP contribution is 2.23. The zero-order chi connectivity index (χ0) is 11.0. The second-order valence-electron chi connectivity index (χ2n) is 4.70. The Morgan fingerprint density at radius 3 is 2.00 bits per heavy atom. The zero-order valence-electron chi connectivity index (χ0n) is 9.96. The molecule has 0 fully saturated rings. The molecule has 2 aromatic rings. The molecule has 0 nitrogen and oxygen atoms in total. The van der Waals surface area contributed by atoms with E-state index in [9.17, 15) is 0 Å². The predicted octanol–water partition coefficient (Wildman–Crippen LogP) is 4.58. The third-order valence-corrected chi connectivity index (χ3v) is 3.14. The van der Waals surface area contributed by atoms with E-state index in [-0.39, 0.29) is 0 Å². The van der Waals surface area contributed by atoms with E-state index in [0.717, 1.165) is 0 Å². The van der Waals surface area contributed by atoms with Gasteiger partial charge in [0.25, 0.3) is 0 Å². The Balaban J connectivity index is 2.66. The largest absolute Gasteiger partial charge is 0.0587 e. The highest BCUT2D eigenvalue weighted by atomic mass is 14.1. The maximum Gasteiger partial charge on any atom is -0.0178 e. The van der Waals surface area contributed by atoms with Crippen LogP contribution in [0.15, 0.2) is 30.3 Å². The summed E-state index contributed by atoms with van der Waals surface area (Å²) >= 11 is 0. The van der Waals surface area contributed by atoms with Crippen molar-refractivity contribution in [2.45, 2.75) is 33.6 Å². The lowest BCUT2D eigenvalue weighted by Crippen LogP contribution is -1.88. The second-order valence-corrected chi connectivity index (χ2v) is 4.70. The Labute approximate surface area is 91.9 Å². The Kier molecular flexibility index (Phi) is 2.52. The van der Waals surface area contributed by atoms with Gasteiger partial charge in [-0.1, -0.05) is 44.2 Å². The van der Waals surface area contributed by atoms with Crippen molar-refractivity contribution >= 4 is 10.8 Å². The van der Waals surface area contributed by atoms with Crippen molar-refractivity contribution in [3.05, 3.63) is 47.0 Å². The summed E-state index contributed by atoms with van der Waals surface area (Å²) in [5.41, 5.74) is 4.17. The number of hydrogen-bond donors (Lipinski definition) is 0. The molecule has 0 aliphatic carbocycles. The van der Waals surface area contributed by atoms with Gasteiger partial charge in [-0.3, -0.25) is 0 Å². The van der Waals surface area contributed by atoms with E-state index in [0.29, 0.717) is 5.92 Å². The van der Waals surface area contributed by atoms with E-state index in [2.05, 4.69) is 58.0 Å². The summed E-state index contributed by atoms with van der Waals surface area (Å²) in [7, 11) is 0. The van der Waals surface area contributed by atoms with Gasteiger partial charge in [-0.25, -0.2) is 0 Å². The molecule has 0 aromatic heterocycles. The average Bonchev–Trinajstić information content (AvgIpc) is 2.19. The molecule has 0 saturated carbocycles. The van der Waals surface area contributed by atoms with Gasteiger partial charge in [-0.15, -0.1) is 0 Å². The molecular formula is C15H18. The summed E-state index contributed by atoms with van der Waals surface area (Å²) in [6, 6.07) is 11.3. The van der Waals surface area contributed by atoms with Crippen LogP contribution in [0.2, 0.25) is 0 Å². The Hall–Kier alpha value is -1.30. The van der Waals surface area contributed by atoms with Crippen LogP contribution in [0.1, 0.15) is 36.5 Å². The minimum atomic E-state index is 0.607. The Morgan fingerprint density at radius 2 is 1.40 bits per heavy atom. The maximum absolute atomic E-state index is 2.31. The summed E-state index contributed by atoms with van der Waals surface area (Å²) in [6.07, 6.45) is 0. The lowest BCUT2D eigenvalue weighted by Gasteiger charge is -2.09. The monoisotopic (exact) mass is 198 g/mol. The van der Waals surface area contributed by atoms with Crippen LogP contribution in [0.4, 0.5) is 0 Å². The lowest BCUT2D eigenvalue weighted by atomic mass is 9.97. The Morgan fingerprint density at radius 1 is 0.800 bits per heavy atom. The first-order valence-electron chi connectivity index (χ1n) is 5.59. The van der Waals surface area contributed by atoms with E-state index < -0.39 is 0 Å². The van der Waals surface area contributed by atoms with E-state index in [1.807, 2.05) is 0 Å². The minimum absolute atomic E-state index is 0.607. The highest BCUT2D eigenvalue weighted by Gasteiger charge is 2.02. The summed E-state index contributed by atoms with van der Waals surface area (Å²) in [6.45, 7) is 8.83. The number of aryl methyl sites for hydroxylation is 2. The third-order valence-electron chi connectivity index (χ3n) is 3.14. The SMILES string of the molecule is Cc1cc2ccc(C(C)C)cc2cc1C. The summed E-state index contributed by atoms with van der Waals surface area (Å²) in [5.74, 6) is 0.607. The standard InChI is InChI=1S/C15H18/c1-10(2)13-5-6-14-7-11(3)12(4)8-15(14)9-13/h5-10H,1-4H3. The van der Waals surface area contributed by atoms with Gasteiger partial charge in [0, 0.05) is 0 Å². The molecule has 0 unspecified atom stereocenters. The van der Waals surface area contributed by atoms with Crippen molar-refractivity contribution in [1.29, 1.82) is 0 Å². The normalized spacial score (nSPS) is 11.3. The van der Waals surface area contributed by atoms with Gasteiger partial charge in [0.15, 0.2) is 0 Å². The summed E-state index contributed by atoms with van der Waals surface area (Å²) < 4.78 is 0. The van der Waals surface area contributed by atoms with Gasteiger partial charge in [0.1, 0.15) is 0 Å². The molecule has 0 aliphatic heterocycles. The van der Waals surface area contributed by atoms with Crippen LogP contribution in [0.3, 0.4) is 0 Å². The molecule has 15 heavy (non-hydrogen) atoms. The summed E-state index contributed by atoms with van der Waals surface area (Å²) in [5, 5.41) is 2.71. The molecule has 0 heterocycles.